The molecule has 0 radical (unpaired) electrons. The van der Waals surface area contributed by atoms with Crippen molar-refractivity contribution >= 4 is 36.3 Å². The number of nitrogens with zero attached hydrogens (tertiary/aromatic N) is 4. The van der Waals surface area contributed by atoms with E-state index in [-0.39, 0.29) is 34.6 Å². The van der Waals surface area contributed by atoms with Crippen molar-refractivity contribution in [3.8, 4) is 33.0 Å². The number of aromatic nitrogens is 3. The third kappa shape index (κ3) is 4.96. The SMILES string of the molecule is CS(=O)(=O)c1nccc(-c2sc(N3C4CCC3COC4)nc2-c2cccc(-c3ccc(F)c(S(N)(=O)=O)c3F)c2F)n1. The lowest BCUT2D eigenvalue weighted by Gasteiger charge is -2.34. The van der Waals surface area contributed by atoms with Gasteiger partial charge in [0.05, 0.1) is 41.6 Å². The molecule has 16 heteroatoms. The molecule has 42 heavy (non-hydrogen) atoms. The Balaban J connectivity index is 1.56. The van der Waals surface area contributed by atoms with Crippen molar-refractivity contribution in [2.24, 2.45) is 5.14 Å². The first kappa shape index (κ1) is 28.7. The highest BCUT2D eigenvalue weighted by Crippen LogP contribution is 2.45. The summed E-state index contributed by atoms with van der Waals surface area (Å²) in [5.41, 5.74) is -0.691. The first-order chi connectivity index (χ1) is 19.8. The van der Waals surface area contributed by atoms with Gasteiger partial charge in [-0.1, -0.05) is 23.5 Å². The molecule has 2 fully saturated rings. The van der Waals surface area contributed by atoms with E-state index in [1.165, 1.54) is 41.8 Å². The summed E-state index contributed by atoms with van der Waals surface area (Å²) < 4.78 is 99.6. The van der Waals surface area contributed by atoms with E-state index in [1.807, 2.05) is 0 Å². The lowest BCUT2D eigenvalue weighted by atomic mass is 9.99. The maximum Gasteiger partial charge on any atom is 0.247 e. The number of hydrogen-bond acceptors (Lipinski definition) is 10. The van der Waals surface area contributed by atoms with Crippen LogP contribution in [0.25, 0.3) is 33.0 Å². The number of nitrogens with two attached hydrogens (primary N) is 1. The predicted molar refractivity (Wildman–Crippen MR) is 148 cm³/mol. The summed E-state index contributed by atoms with van der Waals surface area (Å²) in [6.45, 7) is 0.985. The number of fused-ring (bicyclic) bond motifs is 2. The minimum absolute atomic E-state index is 0.0497. The van der Waals surface area contributed by atoms with E-state index in [0.29, 0.717) is 29.3 Å². The molecule has 0 spiro atoms. The Morgan fingerprint density at radius 2 is 1.60 bits per heavy atom. The fraction of sp³-hybridized carbons (Fsp3) is 0.269. The number of sulfonamides is 1. The second kappa shape index (κ2) is 10.4. The van der Waals surface area contributed by atoms with Gasteiger partial charge in [-0.3, -0.25) is 0 Å². The Labute approximate surface area is 243 Å². The van der Waals surface area contributed by atoms with E-state index < -0.39 is 52.9 Å². The highest BCUT2D eigenvalue weighted by Gasteiger charge is 2.40. The lowest BCUT2D eigenvalue weighted by Crippen LogP contribution is -2.45. The topological polar surface area (TPSA) is 145 Å². The van der Waals surface area contributed by atoms with Gasteiger partial charge in [-0.2, -0.15) is 0 Å². The quantitative estimate of drug-likeness (QED) is 0.312. The number of thiazole rings is 1. The van der Waals surface area contributed by atoms with Crippen LogP contribution in [0.4, 0.5) is 18.3 Å². The number of benzene rings is 2. The van der Waals surface area contributed by atoms with Crippen LogP contribution in [0.15, 0.2) is 52.6 Å². The van der Waals surface area contributed by atoms with Gasteiger partial charge in [-0.15, -0.1) is 0 Å². The smallest absolute Gasteiger partial charge is 0.247 e. The van der Waals surface area contributed by atoms with Gasteiger partial charge in [0.25, 0.3) is 0 Å². The Bertz CT molecular complexity index is 1940. The number of halogens is 3. The molecule has 2 N–H and O–H groups in total. The van der Waals surface area contributed by atoms with Crippen molar-refractivity contribution in [3.63, 3.8) is 0 Å². The molecule has 2 aromatic carbocycles. The number of rotatable bonds is 6. The van der Waals surface area contributed by atoms with Gasteiger partial charge in [-0.25, -0.2) is 50.1 Å². The van der Waals surface area contributed by atoms with Crippen molar-refractivity contribution in [3.05, 3.63) is 60.0 Å². The van der Waals surface area contributed by atoms with E-state index in [2.05, 4.69) is 14.9 Å². The molecule has 4 aromatic rings. The minimum Gasteiger partial charge on any atom is -0.377 e. The zero-order valence-electron chi connectivity index (χ0n) is 21.8. The van der Waals surface area contributed by atoms with E-state index in [0.717, 1.165) is 25.2 Å². The van der Waals surface area contributed by atoms with Crippen molar-refractivity contribution < 1.29 is 34.7 Å². The van der Waals surface area contributed by atoms with Gasteiger partial charge in [0, 0.05) is 29.1 Å². The number of morpholine rings is 1. The van der Waals surface area contributed by atoms with Crippen molar-refractivity contribution in [2.45, 2.75) is 35.0 Å². The Morgan fingerprint density at radius 1 is 0.929 bits per heavy atom. The van der Waals surface area contributed by atoms with Crippen LogP contribution in [0.5, 0.6) is 0 Å². The summed E-state index contributed by atoms with van der Waals surface area (Å²) in [6.07, 6.45) is 3.99. The van der Waals surface area contributed by atoms with Crippen molar-refractivity contribution in [1.29, 1.82) is 0 Å². The average Bonchev–Trinajstić information content (AvgIpc) is 3.45. The molecule has 2 saturated heterocycles. The second-order valence-corrected chi connectivity index (χ2v) is 14.3. The second-order valence-electron chi connectivity index (χ2n) is 9.95. The molecular weight excluding hydrogens is 616 g/mol. The maximum atomic E-state index is 16.3. The van der Waals surface area contributed by atoms with Gasteiger partial charge in [0.15, 0.2) is 15.8 Å². The summed E-state index contributed by atoms with van der Waals surface area (Å²) >= 11 is 1.19. The van der Waals surface area contributed by atoms with Crippen LogP contribution in [0.3, 0.4) is 0 Å². The van der Waals surface area contributed by atoms with Crippen LogP contribution in [-0.2, 0) is 24.6 Å². The molecule has 0 saturated carbocycles. The van der Waals surface area contributed by atoms with Crippen LogP contribution < -0.4 is 10.0 Å². The fourth-order valence-electron chi connectivity index (χ4n) is 5.29. The fourth-order valence-corrected chi connectivity index (χ4v) is 7.70. The van der Waals surface area contributed by atoms with Gasteiger partial charge >= 0.3 is 0 Å². The first-order valence-corrected chi connectivity index (χ1v) is 16.8. The third-order valence-electron chi connectivity index (χ3n) is 7.15. The number of sulfone groups is 1. The first-order valence-electron chi connectivity index (χ1n) is 12.5. The number of primary sulfonamides is 1. The lowest BCUT2D eigenvalue weighted by molar-refractivity contribution is 0.0906. The molecule has 6 rings (SSSR count). The molecule has 0 amide bonds. The largest absolute Gasteiger partial charge is 0.377 e. The summed E-state index contributed by atoms with van der Waals surface area (Å²) in [5.74, 6) is -3.91. The Morgan fingerprint density at radius 3 is 2.26 bits per heavy atom. The monoisotopic (exact) mass is 637 g/mol. The maximum absolute atomic E-state index is 16.3. The Hall–Kier alpha value is -3.44. The summed E-state index contributed by atoms with van der Waals surface area (Å²) in [6, 6.07) is 7.21. The molecule has 2 bridgehead atoms. The van der Waals surface area contributed by atoms with Crippen LogP contribution in [0, 0.1) is 17.5 Å². The zero-order valence-corrected chi connectivity index (χ0v) is 24.2. The number of anilines is 1. The van der Waals surface area contributed by atoms with Gasteiger partial charge in [-0.05, 0) is 37.1 Å². The zero-order chi connectivity index (χ0) is 30.0. The summed E-state index contributed by atoms with van der Waals surface area (Å²) in [4.78, 5) is 13.9. The minimum atomic E-state index is -4.80. The summed E-state index contributed by atoms with van der Waals surface area (Å²) in [7, 11) is -8.58. The standard InChI is InChI=1S/C26H22F3N5O5S3/c1-41(35,36)25-31-10-9-19(32-25)23-22(33-26(40-23)34-13-5-6-14(34)12-39-11-13)17-4-2-3-15(20(17)28)16-7-8-18(27)24(21(16)29)42(30,37)38/h2-4,7-10,13-14H,5-6,11-12H2,1H3,(H2,30,37,38). The Kier molecular flexibility index (Phi) is 7.08. The highest BCUT2D eigenvalue weighted by atomic mass is 32.2. The predicted octanol–water partition coefficient (Wildman–Crippen LogP) is 3.77. The van der Waals surface area contributed by atoms with Crippen molar-refractivity contribution in [2.75, 3.05) is 24.4 Å². The molecule has 10 nitrogen and oxygen atoms in total. The van der Waals surface area contributed by atoms with E-state index in [1.54, 1.807) is 0 Å². The number of ether oxygens (including phenoxy) is 1. The summed E-state index contributed by atoms with van der Waals surface area (Å²) in [5, 5.41) is 5.13. The highest BCUT2D eigenvalue weighted by molar-refractivity contribution is 7.90. The van der Waals surface area contributed by atoms with Crippen molar-refractivity contribution in [1.82, 2.24) is 15.0 Å². The molecular formula is C26H22F3N5O5S3. The molecule has 4 heterocycles. The molecule has 2 unspecified atom stereocenters. The van der Waals surface area contributed by atoms with Crippen LogP contribution in [0.1, 0.15) is 12.8 Å². The van der Waals surface area contributed by atoms with Gasteiger partial charge < -0.3 is 9.64 Å². The van der Waals surface area contributed by atoms with E-state index >= 15 is 8.78 Å². The molecule has 2 aromatic heterocycles. The molecule has 2 aliphatic rings. The van der Waals surface area contributed by atoms with Crippen LogP contribution in [-0.4, -0.2) is 63.3 Å². The van der Waals surface area contributed by atoms with Gasteiger partial charge in [0.1, 0.15) is 11.6 Å². The molecule has 0 aliphatic carbocycles. The van der Waals surface area contributed by atoms with Crippen LogP contribution >= 0.6 is 11.3 Å². The molecule has 220 valence electrons. The molecule has 2 atom stereocenters. The van der Waals surface area contributed by atoms with Gasteiger partial charge in [0.2, 0.25) is 25.0 Å². The van der Waals surface area contributed by atoms with Crippen LogP contribution in [0.2, 0.25) is 0 Å². The molecule has 2 aliphatic heterocycles. The third-order valence-corrected chi connectivity index (χ3v) is 10.0. The average molecular weight is 638 g/mol. The normalized spacial score (nSPS) is 18.9. The number of hydrogen-bond donors (Lipinski definition) is 1. The van der Waals surface area contributed by atoms with E-state index in [4.69, 9.17) is 14.9 Å². The van der Waals surface area contributed by atoms with E-state index in [9.17, 15) is 21.2 Å².